The molecule has 2 aromatic rings. The number of anilines is 1. The Balaban J connectivity index is 1.61. The van der Waals surface area contributed by atoms with Gasteiger partial charge in [0.1, 0.15) is 0 Å². The van der Waals surface area contributed by atoms with Crippen LogP contribution in [0.2, 0.25) is 0 Å². The standard InChI is InChI=1S/C19H21N/c1-2-9-18-15(5-1)7-4-10-19(18)20-17-12-11-14-6-3-8-16(14)13-17/h1-2,5,9,11-13,19-20H,3-4,6-8,10H2. The summed E-state index contributed by atoms with van der Waals surface area (Å²) < 4.78 is 0. The maximum Gasteiger partial charge on any atom is 0.0516 e. The number of nitrogens with one attached hydrogen (secondary N) is 1. The molecule has 4 rings (SSSR count). The first-order chi connectivity index (χ1) is 9.90. The fourth-order valence-corrected chi connectivity index (χ4v) is 3.77. The van der Waals surface area contributed by atoms with E-state index in [2.05, 4.69) is 47.8 Å². The van der Waals surface area contributed by atoms with Gasteiger partial charge < -0.3 is 5.32 Å². The molecule has 0 saturated carbocycles. The van der Waals surface area contributed by atoms with Crippen molar-refractivity contribution in [1.82, 2.24) is 0 Å². The van der Waals surface area contributed by atoms with E-state index in [9.17, 15) is 0 Å². The average molecular weight is 263 g/mol. The summed E-state index contributed by atoms with van der Waals surface area (Å²) in [6, 6.07) is 16.4. The van der Waals surface area contributed by atoms with Gasteiger partial charge in [-0.25, -0.2) is 0 Å². The van der Waals surface area contributed by atoms with E-state index in [1.54, 1.807) is 11.1 Å². The van der Waals surface area contributed by atoms with Gasteiger partial charge >= 0.3 is 0 Å². The molecule has 1 N–H and O–H groups in total. The SMILES string of the molecule is c1ccc2c(c1)CCCC2Nc1ccc2c(c1)CCC2. The quantitative estimate of drug-likeness (QED) is 0.830. The summed E-state index contributed by atoms with van der Waals surface area (Å²) >= 11 is 0. The zero-order chi connectivity index (χ0) is 13.4. The lowest BCUT2D eigenvalue weighted by molar-refractivity contribution is 0.600. The molecule has 2 aliphatic rings. The van der Waals surface area contributed by atoms with Gasteiger partial charge in [0.2, 0.25) is 0 Å². The minimum absolute atomic E-state index is 0.486. The molecule has 2 aliphatic carbocycles. The summed E-state index contributed by atoms with van der Waals surface area (Å²) in [6.45, 7) is 0. The number of benzene rings is 2. The van der Waals surface area contributed by atoms with Crippen molar-refractivity contribution in [1.29, 1.82) is 0 Å². The molecule has 0 radical (unpaired) electrons. The summed E-state index contributed by atoms with van der Waals surface area (Å²) in [5.41, 5.74) is 7.43. The molecule has 1 nitrogen and oxygen atoms in total. The van der Waals surface area contributed by atoms with Gasteiger partial charge in [-0.05, 0) is 72.9 Å². The van der Waals surface area contributed by atoms with Gasteiger partial charge in [0.05, 0.1) is 6.04 Å². The second-order valence-corrected chi connectivity index (χ2v) is 6.13. The summed E-state index contributed by atoms with van der Waals surface area (Å²) in [7, 11) is 0. The van der Waals surface area contributed by atoms with Crippen molar-refractivity contribution in [2.24, 2.45) is 0 Å². The molecule has 0 saturated heterocycles. The highest BCUT2D eigenvalue weighted by Gasteiger charge is 2.20. The molecule has 1 unspecified atom stereocenters. The van der Waals surface area contributed by atoms with E-state index in [-0.39, 0.29) is 0 Å². The Bertz CT molecular complexity index is 629. The van der Waals surface area contributed by atoms with Crippen molar-refractivity contribution in [2.75, 3.05) is 5.32 Å². The third kappa shape index (κ3) is 2.11. The predicted octanol–water partition coefficient (Wildman–Crippen LogP) is 4.66. The fraction of sp³-hybridized carbons (Fsp3) is 0.368. The molecule has 20 heavy (non-hydrogen) atoms. The zero-order valence-corrected chi connectivity index (χ0v) is 11.9. The summed E-state index contributed by atoms with van der Waals surface area (Å²) in [5, 5.41) is 3.77. The van der Waals surface area contributed by atoms with Crippen LogP contribution in [-0.2, 0) is 19.3 Å². The monoisotopic (exact) mass is 263 g/mol. The van der Waals surface area contributed by atoms with Crippen LogP contribution in [0.4, 0.5) is 5.69 Å². The van der Waals surface area contributed by atoms with Crippen molar-refractivity contribution < 1.29 is 0 Å². The first-order valence-corrected chi connectivity index (χ1v) is 7.86. The van der Waals surface area contributed by atoms with Crippen molar-refractivity contribution in [2.45, 2.75) is 44.6 Å². The highest BCUT2D eigenvalue weighted by Crippen LogP contribution is 2.33. The zero-order valence-electron chi connectivity index (χ0n) is 11.9. The van der Waals surface area contributed by atoms with Gasteiger partial charge in [0.15, 0.2) is 0 Å². The molecular weight excluding hydrogens is 242 g/mol. The molecule has 0 spiro atoms. The maximum atomic E-state index is 3.77. The largest absolute Gasteiger partial charge is 0.378 e. The van der Waals surface area contributed by atoms with Crippen molar-refractivity contribution in [3.05, 3.63) is 64.7 Å². The first-order valence-electron chi connectivity index (χ1n) is 7.86. The smallest absolute Gasteiger partial charge is 0.0516 e. The molecule has 0 heterocycles. The topological polar surface area (TPSA) is 12.0 Å². The molecule has 1 heteroatoms. The molecule has 0 bridgehead atoms. The van der Waals surface area contributed by atoms with E-state index >= 15 is 0 Å². The van der Waals surface area contributed by atoms with Gasteiger partial charge in [0, 0.05) is 5.69 Å². The molecule has 0 fully saturated rings. The van der Waals surface area contributed by atoms with E-state index in [1.807, 2.05) is 0 Å². The van der Waals surface area contributed by atoms with E-state index in [4.69, 9.17) is 0 Å². The summed E-state index contributed by atoms with van der Waals surface area (Å²) in [5.74, 6) is 0. The number of hydrogen-bond acceptors (Lipinski definition) is 1. The van der Waals surface area contributed by atoms with Crippen LogP contribution in [0.1, 0.15) is 47.6 Å². The van der Waals surface area contributed by atoms with Crippen LogP contribution >= 0.6 is 0 Å². The second-order valence-electron chi connectivity index (χ2n) is 6.13. The third-order valence-corrected chi connectivity index (χ3v) is 4.81. The van der Waals surface area contributed by atoms with Gasteiger partial charge in [-0.15, -0.1) is 0 Å². The van der Waals surface area contributed by atoms with Crippen molar-refractivity contribution in [3.63, 3.8) is 0 Å². The van der Waals surface area contributed by atoms with E-state index in [1.165, 1.54) is 55.3 Å². The third-order valence-electron chi connectivity index (χ3n) is 4.81. The van der Waals surface area contributed by atoms with Crippen LogP contribution in [0.25, 0.3) is 0 Å². The number of rotatable bonds is 2. The van der Waals surface area contributed by atoms with Gasteiger partial charge in [-0.3, -0.25) is 0 Å². The minimum atomic E-state index is 0.486. The number of fused-ring (bicyclic) bond motifs is 2. The Morgan fingerprint density at radius 3 is 2.65 bits per heavy atom. The molecule has 1 atom stereocenters. The lowest BCUT2D eigenvalue weighted by atomic mass is 9.87. The van der Waals surface area contributed by atoms with E-state index in [0.29, 0.717) is 6.04 Å². The molecule has 0 aliphatic heterocycles. The van der Waals surface area contributed by atoms with Crippen molar-refractivity contribution >= 4 is 5.69 Å². The number of aryl methyl sites for hydroxylation is 3. The van der Waals surface area contributed by atoms with Gasteiger partial charge in [0.25, 0.3) is 0 Å². The van der Waals surface area contributed by atoms with Gasteiger partial charge in [-0.2, -0.15) is 0 Å². The maximum absolute atomic E-state index is 3.77. The fourth-order valence-electron chi connectivity index (χ4n) is 3.77. The van der Waals surface area contributed by atoms with Crippen LogP contribution in [0.15, 0.2) is 42.5 Å². The van der Waals surface area contributed by atoms with Crippen molar-refractivity contribution in [3.8, 4) is 0 Å². The molecule has 102 valence electrons. The van der Waals surface area contributed by atoms with E-state index < -0.39 is 0 Å². The first kappa shape index (κ1) is 12.0. The van der Waals surface area contributed by atoms with Crippen LogP contribution in [0, 0.1) is 0 Å². The Hall–Kier alpha value is -1.76. The number of hydrogen-bond donors (Lipinski definition) is 1. The van der Waals surface area contributed by atoms with Crippen LogP contribution in [-0.4, -0.2) is 0 Å². The van der Waals surface area contributed by atoms with Crippen LogP contribution in [0.3, 0.4) is 0 Å². The molecule has 0 aromatic heterocycles. The lowest BCUT2D eigenvalue weighted by Crippen LogP contribution is -2.17. The average Bonchev–Trinajstić information content (AvgIpc) is 2.95. The van der Waals surface area contributed by atoms with Gasteiger partial charge in [-0.1, -0.05) is 30.3 Å². The predicted molar refractivity (Wildman–Crippen MR) is 84.2 cm³/mol. The summed E-state index contributed by atoms with van der Waals surface area (Å²) in [6.07, 6.45) is 7.62. The highest BCUT2D eigenvalue weighted by atomic mass is 14.9. The van der Waals surface area contributed by atoms with E-state index in [0.717, 1.165) is 0 Å². The Labute approximate surface area is 121 Å². The second kappa shape index (κ2) is 4.97. The van der Waals surface area contributed by atoms with Crippen LogP contribution < -0.4 is 5.32 Å². The Morgan fingerprint density at radius 1 is 0.800 bits per heavy atom. The molecule has 0 amide bonds. The molecular formula is C19H21N. The van der Waals surface area contributed by atoms with Crippen LogP contribution in [0.5, 0.6) is 0 Å². The molecule has 2 aromatic carbocycles. The Morgan fingerprint density at radius 2 is 1.65 bits per heavy atom. The highest BCUT2D eigenvalue weighted by molar-refractivity contribution is 5.52. The Kier molecular flexibility index (Phi) is 2.99. The lowest BCUT2D eigenvalue weighted by Gasteiger charge is -2.27. The normalized spacial score (nSPS) is 20.3. The minimum Gasteiger partial charge on any atom is -0.378 e. The summed E-state index contributed by atoms with van der Waals surface area (Å²) in [4.78, 5) is 0.